The molecule has 0 saturated carbocycles. The molecule has 2 heterocycles. The van der Waals surface area contributed by atoms with E-state index in [4.69, 9.17) is 4.74 Å². The molecule has 0 N–H and O–H groups in total. The van der Waals surface area contributed by atoms with Gasteiger partial charge in [-0.25, -0.2) is 9.69 Å². The van der Waals surface area contributed by atoms with Crippen LogP contribution in [0.5, 0.6) is 0 Å². The molecule has 26 heavy (non-hydrogen) atoms. The normalized spacial score (nSPS) is 23.1. The maximum absolute atomic E-state index is 13.3. The van der Waals surface area contributed by atoms with Crippen molar-refractivity contribution < 1.29 is 9.53 Å². The number of esters is 1. The number of benzene rings is 1. The van der Waals surface area contributed by atoms with Gasteiger partial charge in [0.05, 0.1) is 22.1 Å². The molecule has 2 atom stereocenters. The average molecular weight is 438 g/mol. The lowest BCUT2D eigenvalue weighted by molar-refractivity contribution is 0.00570. The van der Waals surface area contributed by atoms with Crippen molar-refractivity contribution in [1.29, 1.82) is 0 Å². The summed E-state index contributed by atoms with van der Waals surface area (Å²) < 4.78 is 5.57. The second kappa shape index (κ2) is 7.98. The van der Waals surface area contributed by atoms with Crippen LogP contribution in [0.2, 0.25) is 0 Å². The van der Waals surface area contributed by atoms with Gasteiger partial charge >= 0.3 is 5.97 Å². The molecule has 0 radical (unpaired) electrons. The third-order valence-corrected chi connectivity index (χ3v) is 5.83. The average Bonchev–Trinajstić information content (AvgIpc) is 3.17. The highest BCUT2D eigenvalue weighted by Crippen LogP contribution is 2.36. The summed E-state index contributed by atoms with van der Waals surface area (Å²) in [6.07, 6.45) is 4.38. The van der Waals surface area contributed by atoms with E-state index in [1.54, 1.807) is 18.3 Å². The van der Waals surface area contributed by atoms with E-state index in [0.717, 1.165) is 22.2 Å². The summed E-state index contributed by atoms with van der Waals surface area (Å²) in [4.78, 5) is 18.6. The minimum absolute atomic E-state index is 0.193. The van der Waals surface area contributed by atoms with E-state index in [1.165, 1.54) is 11.3 Å². The third kappa shape index (κ3) is 4.05. The van der Waals surface area contributed by atoms with Gasteiger partial charge in [0.1, 0.15) is 6.67 Å². The highest BCUT2D eigenvalue weighted by molar-refractivity contribution is 9.11. The summed E-state index contributed by atoms with van der Waals surface area (Å²) in [5.41, 5.74) is 1.57. The molecule has 0 amide bonds. The van der Waals surface area contributed by atoms with E-state index >= 15 is 0 Å². The lowest BCUT2D eigenvalue weighted by Gasteiger charge is -2.38. The Hall–Kier alpha value is -1.58. The number of aromatic nitrogens is 1. The number of ether oxygens (including phenoxy) is 1. The molecule has 8 heteroatoms. The summed E-state index contributed by atoms with van der Waals surface area (Å²) in [6, 6.07) is 7.27. The summed E-state index contributed by atoms with van der Waals surface area (Å²) >= 11 is 4.59. The van der Waals surface area contributed by atoms with Gasteiger partial charge in [-0.1, -0.05) is 18.2 Å². The highest BCUT2D eigenvalue weighted by Gasteiger charge is 2.44. The van der Waals surface area contributed by atoms with E-state index < -0.39 is 16.8 Å². The molecule has 6 nitrogen and oxygen atoms in total. The number of hydroxylamine groups is 2. The molecule has 0 bridgehead atoms. The van der Waals surface area contributed by atoms with Crippen LogP contribution in [0.4, 0.5) is 5.13 Å². The zero-order valence-corrected chi connectivity index (χ0v) is 16.8. The third-order valence-electron chi connectivity index (χ3n) is 4.24. The number of carbonyl (C=O) groups is 1. The van der Waals surface area contributed by atoms with Crippen LogP contribution in [-0.4, -0.2) is 42.3 Å². The number of quaternary nitrogens is 1. The molecule has 1 fully saturated rings. The lowest BCUT2D eigenvalue weighted by Crippen LogP contribution is -2.50. The van der Waals surface area contributed by atoms with E-state index in [0.29, 0.717) is 17.2 Å². The Kier molecular flexibility index (Phi) is 5.89. The van der Waals surface area contributed by atoms with Gasteiger partial charge in [0.2, 0.25) is 0 Å². The molecule has 1 aliphatic heterocycles. The minimum Gasteiger partial charge on any atom is -0.622 e. The Bertz CT molecular complexity index is 795. The number of aryl methyl sites for hydroxylation is 1. The largest absolute Gasteiger partial charge is 0.622 e. The molecule has 0 spiro atoms. The molecule has 1 saturated heterocycles. The van der Waals surface area contributed by atoms with E-state index in [-0.39, 0.29) is 6.67 Å². The minimum atomic E-state index is -0.842. The Labute approximate surface area is 165 Å². The molecule has 1 aromatic heterocycles. The number of allylic oxidation sites excluding steroid dienone is 1. The number of halogens is 1. The summed E-state index contributed by atoms with van der Waals surface area (Å²) in [5, 5.41) is 13.7. The second-order valence-electron chi connectivity index (χ2n) is 6.31. The molecule has 0 aliphatic carbocycles. The molecule has 1 aromatic carbocycles. The first-order valence-corrected chi connectivity index (χ1v) is 9.83. The predicted octanol–water partition coefficient (Wildman–Crippen LogP) is 3.92. The van der Waals surface area contributed by atoms with Gasteiger partial charge in [-0.2, -0.15) is 4.98 Å². The van der Waals surface area contributed by atoms with Crippen LogP contribution in [-0.2, 0) is 11.2 Å². The fraction of sp³-hybridized carbons (Fsp3) is 0.333. The van der Waals surface area contributed by atoms with Gasteiger partial charge in [-0.05, 0) is 64.9 Å². The van der Waals surface area contributed by atoms with Crippen molar-refractivity contribution in [3.63, 3.8) is 0 Å². The van der Waals surface area contributed by atoms with E-state index in [1.807, 2.05) is 30.2 Å². The summed E-state index contributed by atoms with van der Waals surface area (Å²) in [7, 11) is 1.83. The van der Waals surface area contributed by atoms with Crippen LogP contribution >= 0.6 is 27.3 Å². The first-order valence-electron chi connectivity index (χ1n) is 8.22. The Morgan fingerprint density at radius 1 is 1.54 bits per heavy atom. The van der Waals surface area contributed by atoms with Crippen molar-refractivity contribution in [1.82, 2.24) is 14.5 Å². The molecule has 1 aliphatic rings. The Balaban J connectivity index is 1.74. The van der Waals surface area contributed by atoms with Crippen molar-refractivity contribution in [3.8, 4) is 0 Å². The predicted molar refractivity (Wildman–Crippen MR) is 107 cm³/mol. The first kappa shape index (κ1) is 19.2. The van der Waals surface area contributed by atoms with Gasteiger partial charge in [0.15, 0.2) is 0 Å². The molecular formula is C18H20BrN3O3S. The molecular weight excluding hydrogens is 418 g/mol. The number of carbonyl (C=O) groups excluding carboxylic acids is 1. The number of hydrogen-bond donors (Lipinski definition) is 0. The molecule has 2 unspecified atom stereocenters. The monoisotopic (exact) mass is 437 g/mol. The molecule has 3 rings (SSSR count). The highest BCUT2D eigenvalue weighted by atomic mass is 79.9. The van der Waals surface area contributed by atoms with Crippen molar-refractivity contribution in [2.75, 3.05) is 20.3 Å². The standard InChI is InChI=1S/C18H20BrN3O3S/c1-3-4-5-13-6-8-14(9-7-13)17(23)25-16-11-21(2)12-22(16,24)18-20-10-15(19)26-18/h3,6-10,16H,1,4-5,11-12H2,2H3. The number of likely N-dealkylation sites (N-methyl/N-ethyl adjacent to an activating group) is 1. The van der Waals surface area contributed by atoms with Gasteiger partial charge in [0, 0.05) is 0 Å². The zero-order chi connectivity index (χ0) is 18.7. The summed E-state index contributed by atoms with van der Waals surface area (Å²) in [6.45, 7) is 4.27. The van der Waals surface area contributed by atoms with Crippen LogP contribution < -0.4 is 4.65 Å². The number of rotatable bonds is 6. The first-order chi connectivity index (χ1) is 12.4. The lowest BCUT2D eigenvalue weighted by atomic mass is 10.1. The molecule has 2 aromatic rings. The maximum atomic E-state index is 13.3. The quantitative estimate of drug-likeness (QED) is 0.296. The Morgan fingerprint density at radius 2 is 2.27 bits per heavy atom. The van der Waals surface area contributed by atoms with E-state index in [2.05, 4.69) is 27.5 Å². The fourth-order valence-corrected chi connectivity index (χ4v) is 4.15. The van der Waals surface area contributed by atoms with Crippen LogP contribution in [0.1, 0.15) is 22.3 Å². The van der Waals surface area contributed by atoms with Crippen LogP contribution in [0.15, 0.2) is 46.9 Å². The SMILES string of the molecule is C=CCCc1ccc(C(=O)OC2CN(C)C[N+]2([O-])c2ncc(Br)s2)cc1. The van der Waals surface area contributed by atoms with E-state index in [9.17, 15) is 10.0 Å². The number of nitrogens with zero attached hydrogens (tertiary/aromatic N) is 3. The van der Waals surface area contributed by atoms with Gasteiger partial charge in [0.25, 0.3) is 11.4 Å². The fourth-order valence-electron chi connectivity index (χ4n) is 2.90. The van der Waals surface area contributed by atoms with Crippen molar-refractivity contribution in [3.05, 3.63) is 63.2 Å². The van der Waals surface area contributed by atoms with Crippen LogP contribution in [0, 0.1) is 5.21 Å². The number of hydrogen-bond acceptors (Lipinski definition) is 6. The second-order valence-corrected chi connectivity index (χ2v) is 8.70. The van der Waals surface area contributed by atoms with Crippen LogP contribution in [0.3, 0.4) is 0 Å². The topological polar surface area (TPSA) is 65.5 Å². The maximum Gasteiger partial charge on any atom is 0.342 e. The Morgan fingerprint density at radius 3 is 2.88 bits per heavy atom. The van der Waals surface area contributed by atoms with Crippen molar-refractivity contribution >= 4 is 38.4 Å². The van der Waals surface area contributed by atoms with Gasteiger partial charge in [-0.3, -0.25) is 4.65 Å². The zero-order valence-electron chi connectivity index (χ0n) is 14.4. The molecule has 138 valence electrons. The van der Waals surface area contributed by atoms with Crippen molar-refractivity contribution in [2.45, 2.75) is 19.1 Å². The number of thiazole rings is 1. The van der Waals surface area contributed by atoms with Crippen LogP contribution in [0.25, 0.3) is 0 Å². The van der Waals surface area contributed by atoms with Gasteiger partial charge < -0.3 is 9.94 Å². The van der Waals surface area contributed by atoms with Crippen molar-refractivity contribution in [2.24, 2.45) is 0 Å². The van der Waals surface area contributed by atoms with Gasteiger partial charge in [-0.15, -0.1) is 6.58 Å². The smallest absolute Gasteiger partial charge is 0.342 e. The summed E-state index contributed by atoms with van der Waals surface area (Å²) in [5.74, 6) is -0.491.